The lowest BCUT2D eigenvalue weighted by atomic mass is 9.89. The number of allylic oxidation sites excluding steroid dienone is 2. The van der Waals surface area contributed by atoms with Crippen LogP contribution in [0.4, 0.5) is 14.4 Å². The summed E-state index contributed by atoms with van der Waals surface area (Å²) in [5, 5.41) is 10.3. The number of nitrogens with zero attached hydrogens (tertiary/aromatic N) is 8. The van der Waals surface area contributed by atoms with Gasteiger partial charge in [-0.1, -0.05) is 0 Å². The van der Waals surface area contributed by atoms with E-state index in [9.17, 15) is 19.0 Å². The summed E-state index contributed by atoms with van der Waals surface area (Å²) in [6.07, 6.45) is 5.42. The van der Waals surface area contributed by atoms with Crippen molar-refractivity contribution in [2.45, 2.75) is 37.6 Å². The molecule has 55 heavy (non-hydrogen) atoms. The number of ether oxygens (including phenoxy) is 2. The third-order valence-electron chi connectivity index (χ3n) is 9.40. The summed E-state index contributed by atoms with van der Waals surface area (Å²) in [6, 6.07) is 13.7. The number of nitrogens with two attached hydrogens (primary N) is 1. The van der Waals surface area contributed by atoms with Crippen molar-refractivity contribution in [1.82, 2.24) is 39.5 Å². The van der Waals surface area contributed by atoms with Crippen LogP contribution < -0.4 is 26.1 Å². The standard InChI is InChI=1S/C33H32BF2N10O8P/c1-51-24-10-4-20(5-11-24)27-12-8-23-17-22-7-6-21(44(22)34(35,36)45(23)27)9-13-30(47)39-26-18-31(43-16-14-29(37)40-33(43)48)53-28(26)19-52-55(49,50)54-46-32-25(41-42-46)3-2-15-38-32/h2-8,10-12,14-17,26,28,31H,9,13,18-19H2,1H3,(H,39,47)(H,49,50)(H2,37,40,48)/t26-,28+,31+/m0/s1. The molecule has 8 rings (SSSR count). The minimum atomic E-state index is -4.87. The summed E-state index contributed by atoms with van der Waals surface area (Å²) in [7, 11) is -3.35. The highest BCUT2D eigenvalue weighted by molar-refractivity contribution is 7.47. The van der Waals surface area contributed by atoms with Gasteiger partial charge in [-0.3, -0.25) is 23.4 Å². The highest BCUT2D eigenvalue weighted by Crippen LogP contribution is 2.41. The van der Waals surface area contributed by atoms with E-state index < -0.39 is 51.4 Å². The first-order chi connectivity index (χ1) is 26.4. The van der Waals surface area contributed by atoms with Gasteiger partial charge in [0.15, 0.2) is 11.4 Å². The maximum absolute atomic E-state index is 16.5. The number of hydrogen-bond donors (Lipinski definition) is 3. The van der Waals surface area contributed by atoms with Crippen LogP contribution in [0.5, 0.6) is 5.75 Å². The van der Waals surface area contributed by atoms with Gasteiger partial charge in [-0.15, -0.1) is 5.10 Å². The maximum atomic E-state index is 16.5. The Balaban J connectivity index is 0.977. The van der Waals surface area contributed by atoms with Crippen molar-refractivity contribution >= 4 is 49.5 Å². The van der Waals surface area contributed by atoms with Crippen LogP contribution in [0.2, 0.25) is 0 Å². The van der Waals surface area contributed by atoms with E-state index in [1.807, 2.05) is 0 Å². The summed E-state index contributed by atoms with van der Waals surface area (Å²) in [6.45, 7) is -4.94. The lowest BCUT2D eigenvalue weighted by Crippen LogP contribution is -2.51. The molecular formula is C33H32BF2N10O8P. The summed E-state index contributed by atoms with van der Waals surface area (Å²) in [5.74, 6) is 0.0510. The van der Waals surface area contributed by atoms with E-state index in [1.54, 1.807) is 66.8 Å². The number of phosphoric acid groups is 1. The second-order valence-corrected chi connectivity index (χ2v) is 14.2. The van der Waals surface area contributed by atoms with E-state index in [2.05, 4.69) is 25.6 Å². The Morgan fingerprint density at radius 2 is 2.00 bits per heavy atom. The lowest BCUT2D eigenvalue weighted by Gasteiger charge is -2.30. The van der Waals surface area contributed by atoms with E-state index in [-0.39, 0.29) is 36.4 Å². The number of rotatable bonds is 12. The van der Waals surface area contributed by atoms with Gasteiger partial charge in [0.2, 0.25) is 11.6 Å². The Bertz CT molecular complexity index is 2520. The minimum absolute atomic E-state index is 0.0143. The molecule has 7 heterocycles. The van der Waals surface area contributed by atoms with Gasteiger partial charge in [0.05, 0.1) is 19.8 Å². The van der Waals surface area contributed by atoms with Crippen molar-refractivity contribution in [3.63, 3.8) is 0 Å². The van der Waals surface area contributed by atoms with Crippen molar-refractivity contribution < 1.29 is 46.0 Å². The second kappa shape index (κ2) is 14.0. The van der Waals surface area contributed by atoms with Crippen LogP contribution in [-0.4, -0.2) is 88.0 Å². The number of methoxy groups -OCH3 is 1. The average molecular weight is 776 g/mol. The van der Waals surface area contributed by atoms with Gasteiger partial charge in [-0.05, 0) is 76.8 Å². The van der Waals surface area contributed by atoms with Crippen molar-refractivity contribution in [3.8, 4) is 5.75 Å². The lowest BCUT2D eigenvalue weighted by molar-refractivity contribution is -0.360. The molecule has 1 unspecified atom stereocenters. The van der Waals surface area contributed by atoms with E-state index in [4.69, 9.17) is 24.4 Å². The highest BCUT2D eigenvalue weighted by Gasteiger charge is 2.52. The Labute approximate surface area is 309 Å². The SMILES string of the molecule is COc1ccc(C2=[N+]3C(=Cc4ccc(CCC(=O)N[C@H]5C[C@H](n6ccc(N)nc6=O)O[C@@H]5COP(=O)(O)On5nnc6cccnc65)n4[B-]3(F)F)C=C2)cc1. The van der Waals surface area contributed by atoms with Crippen molar-refractivity contribution in [2.75, 3.05) is 19.5 Å². The van der Waals surface area contributed by atoms with Crippen LogP contribution in [0.1, 0.15) is 36.0 Å². The Kier molecular flexibility index (Phi) is 9.16. The van der Waals surface area contributed by atoms with Gasteiger partial charge < -0.3 is 38.1 Å². The normalized spacial score (nSPS) is 20.9. The second-order valence-electron chi connectivity index (χ2n) is 12.8. The van der Waals surface area contributed by atoms with Gasteiger partial charge in [0.25, 0.3) is 0 Å². The van der Waals surface area contributed by atoms with Gasteiger partial charge in [-0.25, -0.2) is 14.3 Å². The molecular weight excluding hydrogens is 744 g/mol. The highest BCUT2D eigenvalue weighted by atomic mass is 31.2. The summed E-state index contributed by atoms with van der Waals surface area (Å²) < 4.78 is 70.5. The number of anilines is 1. The zero-order chi connectivity index (χ0) is 38.5. The van der Waals surface area contributed by atoms with Crippen molar-refractivity contribution in [2.24, 2.45) is 0 Å². The van der Waals surface area contributed by atoms with E-state index in [0.29, 0.717) is 38.8 Å². The summed E-state index contributed by atoms with van der Waals surface area (Å²) in [5.41, 5.74) is 7.05. The minimum Gasteiger partial charge on any atom is -0.497 e. The van der Waals surface area contributed by atoms with E-state index in [1.165, 1.54) is 25.6 Å². The molecule has 0 saturated carbocycles. The average Bonchev–Trinajstić information content (AvgIpc) is 3.96. The molecule has 3 aliphatic heterocycles. The number of benzene rings is 1. The molecule has 18 nitrogen and oxygen atoms in total. The molecule has 4 aromatic heterocycles. The van der Waals surface area contributed by atoms with Crippen LogP contribution >= 0.6 is 7.82 Å². The molecule has 22 heteroatoms. The largest absolute Gasteiger partial charge is 0.737 e. The monoisotopic (exact) mass is 776 g/mol. The maximum Gasteiger partial charge on any atom is 0.737 e. The first kappa shape index (κ1) is 36.0. The Hall–Kier alpha value is -6.02. The molecule has 4 atom stereocenters. The number of nitrogens with one attached hydrogen (secondary N) is 1. The number of halogens is 2. The fourth-order valence-corrected chi connectivity index (χ4v) is 7.55. The molecule has 0 spiro atoms. The van der Waals surface area contributed by atoms with Gasteiger partial charge >= 0.3 is 20.5 Å². The van der Waals surface area contributed by atoms with Gasteiger partial charge in [0, 0.05) is 54.7 Å². The molecule has 1 amide bonds. The molecule has 0 bridgehead atoms. The number of amides is 1. The van der Waals surface area contributed by atoms with Crippen LogP contribution in [-0.2, 0) is 25.0 Å². The quantitative estimate of drug-likeness (QED) is 0.122. The number of aryl methyl sites for hydroxylation is 1. The topological polar surface area (TPSA) is 216 Å². The van der Waals surface area contributed by atoms with Gasteiger partial charge in [0.1, 0.15) is 29.4 Å². The zero-order valence-corrected chi connectivity index (χ0v) is 29.8. The smallest absolute Gasteiger partial charge is 0.497 e. The first-order valence-electron chi connectivity index (χ1n) is 17.0. The van der Waals surface area contributed by atoms with Crippen LogP contribution in [0.3, 0.4) is 0 Å². The van der Waals surface area contributed by atoms with Crippen LogP contribution in [0.25, 0.3) is 17.2 Å². The fourth-order valence-electron chi connectivity index (χ4n) is 6.86. The summed E-state index contributed by atoms with van der Waals surface area (Å²) >= 11 is 0. The van der Waals surface area contributed by atoms with Crippen LogP contribution in [0.15, 0.2) is 89.6 Å². The molecule has 0 aliphatic carbocycles. The number of hydrogen-bond acceptors (Lipinski definition) is 12. The third kappa shape index (κ3) is 6.93. The Morgan fingerprint density at radius 3 is 2.78 bits per heavy atom. The Morgan fingerprint density at radius 1 is 1.18 bits per heavy atom. The molecule has 1 aromatic carbocycles. The van der Waals surface area contributed by atoms with Crippen molar-refractivity contribution in [1.29, 1.82) is 0 Å². The van der Waals surface area contributed by atoms with Crippen molar-refractivity contribution in [3.05, 3.63) is 112 Å². The fraction of sp³-hybridized carbons (Fsp3) is 0.242. The number of pyridine rings is 1. The molecule has 5 aromatic rings. The molecule has 0 radical (unpaired) electrons. The van der Waals surface area contributed by atoms with Gasteiger partial charge in [-0.2, -0.15) is 4.98 Å². The molecule has 4 N–H and O–H groups in total. The summed E-state index contributed by atoms with van der Waals surface area (Å²) in [4.78, 5) is 45.0. The molecule has 1 fully saturated rings. The van der Waals surface area contributed by atoms with Crippen LogP contribution in [0, 0.1) is 0 Å². The predicted molar refractivity (Wildman–Crippen MR) is 192 cm³/mol. The number of carbonyl (C=O) groups is 1. The third-order valence-corrected chi connectivity index (χ3v) is 10.2. The molecule has 1 saturated heterocycles. The molecule has 284 valence electrons. The number of phosphoric ester groups is 1. The number of fused-ring (bicyclic) bond motifs is 3. The molecule has 3 aliphatic rings. The zero-order valence-electron chi connectivity index (χ0n) is 28.9. The number of carbonyl (C=O) groups excluding carboxylic acids is 1. The number of nitrogen functional groups attached to an aromatic ring is 1. The van der Waals surface area contributed by atoms with E-state index >= 15 is 8.63 Å². The predicted octanol–water partition coefficient (Wildman–Crippen LogP) is 2.08. The number of aromatic nitrogens is 7. The van der Waals surface area contributed by atoms with E-state index in [0.717, 1.165) is 13.5 Å². The first-order valence-corrected chi connectivity index (χ1v) is 18.5.